The van der Waals surface area contributed by atoms with E-state index in [9.17, 15) is 0 Å². The van der Waals surface area contributed by atoms with Gasteiger partial charge in [0.2, 0.25) is 0 Å². The predicted octanol–water partition coefficient (Wildman–Crippen LogP) is 11.3. The number of rotatable bonds is 4. The van der Waals surface area contributed by atoms with Crippen molar-refractivity contribution >= 4 is 0 Å². The van der Waals surface area contributed by atoms with Gasteiger partial charge < -0.3 is 0 Å². The van der Waals surface area contributed by atoms with Crippen LogP contribution in [0.5, 0.6) is 0 Å². The van der Waals surface area contributed by atoms with Gasteiger partial charge in [0.15, 0.2) is 0 Å². The van der Waals surface area contributed by atoms with Gasteiger partial charge in [0.1, 0.15) is 0 Å². The van der Waals surface area contributed by atoms with E-state index in [-0.39, 0.29) is 16.2 Å². The molecule has 0 saturated heterocycles. The highest BCUT2D eigenvalue weighted by Gasteiger charge is 2.45. The second-order valence-electron chi connectivity index (χ2n) is 15.3. The van der Waals surface area contributed by atoms with Crippen molar-refractivity contribution in [3.05, 3.63) is 143 Å². The summed E-state index contributed by atoms with van der Waals surface area (Å²) in [5, 5.41) is 0. The molecule has 0 saturated carbocycles. The molecule has 0 aliphatic heterocycles. The Kier molecular flexibility index (Phi) is 5.93. The van der Waals surface area contributed by atoms with Crippen molar-refractivity contribution in [2.45, 2.75) is 76.5 Å². The van der Waals surface area contributed by atoms with Crippen LogP contribution in [0, 0.1) is 5.92 Å². The number of hydrogen-bond donors (Lipinski definition) is 0. The maximum absolute atomic E-state index is 5.47. The van der Waals surface area contributed by atoms with E-state index in [0.29, 0.717) is 11.8 Å². The van der Waals surface area contributed by atoms with E-state index < -0.39 is 0 Å². The monoisotopic (exact) mass is 610 g/mol. The molecule has 4 aliphatic carbocycles. The molecule has 2 nitrogen and oxygen atoms in total. The normalized spacial score (nSPS) is 21.1. The summed E-state index contributed by atoms with van der Waals surface area (Å²) in [5.41, 5.74) is 17.5. The van der Waals surface area contributed by atoms with Gasteiger partial charge in [0.05, 0.1) is 22.8 Å². The number of pyridine rings is 2. The van der Waals surface area contributed by atoms with Gasteiger partial charge in [0.25, 0.3) is 0 Å². The summed E-state index contributed by atoms with van der Waals surface area (Å²) in [6, 6.07) is 32.0. The summed E-state index contributed by atoms with van der Waals surface area (Å²) < 4.78 is 0. The van der Waals surface area contributed by atoms with E-state index >= 15 is 0 Å². The van der Waals surface area contributed by atoms with E-state index in [1.807, 2.05) is 0 Å². The van der Waals surface area contributed by atoms with Gasteiger partial charge in [-0.15, -0.1) is 0 Å². The Balaban J connectivity index is 1.16. The molecule has 4 aliphatic rings. The van der Waals surface area contributed by atoms with E-state index in [2.05, 4.69) is 151 Å². The Bertz CT molecular complexity index is 2190. The molecule has 2 atom stereocenters. The minimum absolute atomic E-state index is 0.0456. The van der Waals surface area contributed by atoms with Crippen LogP contribution in [-0.2, 0) is 16.2 Å². The molecule has 0 bridgehead atoms. The molecular formula is C45H42N2. The van der Waals surface area contributed by atoms with Crippen molar-refractivity contribution in [1.29, 1.82) is 0 Å². The van der Waals surface area contributed by atoms with Gasteiger partial charge in [-0.25, -0.2) is 9.97 Å². The van der Waals surface area contributed by atoms with Crippen LogP contribution in [0.25, 0.3) is 45.0 Å². The average molecular weight is 611 g/mol. The van der Waals surface area contributed by atoms with Crippen LogP contribution >= 0.6 is 0 Å². The van der Waals surface area contributed by atoms with Gasteiger partial charge in [-0.2, -0.15) is 0 Å². The van der Waals surface area contributed by atoms with Crippen LogP contribution in [0.1, 0.15) is 93.7 Å². The topological polar surface area (TPSA) is 25.8 Å². The third-order valence-electron chi connectivity index (χ3n) is 12.5. The van der Waals surface area contributed by atoms with Gasteiger partial charge in [-0.3, -0.25) is 0 Å². The largest absolute Gasteiger partial charge is 0.246 e. The first-order valence-electron chi connectivity index (χ1n) is 17.5. The number of aromatic nitrogens is 2. The third kappa shape index (κ3) is 3.73. The molecule has 47 heavy (non-hydrogen) atoms. The smallest absolute Gasteiger partial charge is 0.0938 e. The van der Waals surface area contributed by atoms with Gasteiger partial charge >= 0.3 is 0 Å². The molecule has 0 radical (unpaired) electrons. The van der Waals surface area contributed by atoms with Crippen molar-refractivity contribution in [2.24, 2.45) is 5.92 Å². The van der Waals surface area contributed by atoms with E-state index in [1.54, 1.807) is 0 Å². The van der Waals surface area contributed by atoms with Crippen LogP contribution < -0.4 is 0 Å². The average Bonchev–Trinajstić information content (AvgIpc) is 3.62. The maximum Gasteiger partial charge on any atom is 0.0938 e. The fourth-order valence-electron chi connectivity index (χ4n) is 9.73. The number of nitrogens with zero attached hydrogens (tertiary/aromatic N) is 2. The van der Waals surface area contributed by atoms with Gasteiger partial charge in [0, 0.05) is 27.9 Å². The summed E-state index contributed by atoms with van der Waals surface area (Å²) in [6.45, 7) is 14.1. The van der Waals surface area contributed by atoms with Crippen molar-refractivity contribution in [1.82, 2.24) is 9.97 Å². The van der Waals surface area contributed by atoms with Crippen LogP contribution in [0.3, 0.4) is 0 Å². The van der Waals surface area contributed by atoms with Crippen LogP contribution in [0.15, 0.2) is 109 Å². The first kappa shape index (κ1) is 28.6. The Morgan fingerprint density at radius 2 is 1.17 bits per heavy atom. The molecule has 232 valence electrons. The standard InChI is InChI=1S/C45H42N2/c1-7-45(8-2)35-21-23-39(27-17-19-31-29-13-9-11-15-33(29)43(3,4)37(31)25-27)46-41(35)42-36(45)22-24-40(47-42)28-18-20-32-30-14-10-12-16-34(30)44(5,6)38(32)26-28/h9-26,29,33H,7-8H2,1-6H3. The Morgan fingerprint density at radius 3 is 1.85 bits per heavy atom. The van der Waals surface area contributed by atoms with E-state index in [1.165, 1.54) is 55.6 Å². The summed E-state index contributed by atoms with van der Waals surface area (Å²) in [4.78, 5) is 10.9. The van der Waals surface area contributed by atoms with Gasteiger partial charge in [-0.1, -0.05) is 127 Å². The SMILES string of the molecule is CCC1(CC)c2ccc(-c3ccc4c(c3)C(C)(C)c3ccccc3-4)nc2-c2nc(-c3ccc4c(c3)C(C)(C)C3C=CC=CC43)ccc21. The maximum atomic E-state index is 5.47. The third-order valence-corrected chi connectivity index (χ3v) is 12.5. The number of benzene rings is 3. The zero-order chi connectivity index (χ0) is 32.3. The molecule has 2 aromatic heterocycles. The summed E-state index contributed by atoms with van der Waals surface area (Å²) in [6.07, 6.45) is 11.2. The Labute approximate surface area is 279 Å². The quantitative estimate of drug-likeness (QED) is 0.202. The zero-order valence-electron chi connectivity index (χ0n) is 28.4. The highest BCUT2D eigenvalue weighted by atomic mass is 14.8. The lowest BCUT2D eigenvalue weighted by Gasteiger charge is -2.29. The van der Waals surface area contributed by atoms with Gasteiger partial charge in [-0.05, 0) is 92.9 Å². The van der Waals surface area contributed by atoms with E-state index in [0.717, 1.165) is 35.6 Å². The van der Waals surface area contributed by atoms with Crippen LogP contribution in [0.2, 0.25) is 0 Å². The molecule has 3 aromatic carbocycles. The minimum Gasteiger partial charge on any atom is -0.246 e. The lowest BCUT2D eigenvalue weighted by Crippen LogP contribution is -2.24. The Morgan fingerprint density at radius 1 is 0.574 bits per heavy atom. The first-order valence-corrected chi connectivity index (χ1v) is 17.5. The van der Waals surface area contributed by atoms with Crippen LogP contribution in [-0.4, -0.2) is 9.97 Å². The van der Waals surface area contributed by atoms with Crippen molar-refractivity contribution in [3.8, 4) is 45.0 Å². The predicted molar refractivity (Wildman–Crippen MR) is 195 cm³/mol. The molecule has 0 fully saturated rings. The van der Waals surface area contributed by atoms with Crippen molar-refractivity contribution < 1.29 is 0 Å². The molecule has 0 N–H and O–H groups in total. The van der Waals surface area contributed by atoms with Crippen molar-refractivity contribution in [2.75, 3.05) is 0 Å². The second-order valence-corrected chi connectivity index (χ2v) is 15.3. The molecule has 9 rings (SSSR count). The summed E-state index contributed by atoms with van der Waals surface area (Å²) in [5.74, 6) is 0.948. The lowest BCUT2D eigenvalue weighted by atomic mass is 9.74. The molecular weight excluding hydrogens is 569 g/mol. The molecule has 2 unspecified atom stereocenters. The molecule has 0 spiro atoms. The molecule has 5 aromatic rings. The number of hydrogen-bond acceptors (Lipinski definition) is 2. The fraction of sp³-hybridized carbons (Fsp3) is 0.289. The Hall–Kier alpha value is -4.56. The number of allylic oxidation sites excluding steroid dienone is 4. The van der Waals surface area contributed by atoms with E-state index in [4.69, 9.17) is 9.97 Å². The molecule has 2 heterocycles. The van der Waals surface area contributed by atoms with Crippen molar-refractivity contribution in [3.63, 3.8) is 0 Å². The highest BCUT2D eigenvalue weighted by Crippen LogP contribution is 2.55. The fourth-order valence-corrected chi connectivity index (χ4v) is 9.73. The molecule has 0 amide bonds. The molecule has 2 heteroatoms. The summed E-state index contributed by atoms with van der Waals surface area (Å²) in [7, 11) is 0. The van der Waals surface area contributed by atoms with Crippen LogP contribution in [0.4, 0.5) is 0 Å². The minimum atomic E-state index is -0.0718. The highest BCUT2D eigenvalue weighted by molar-refractivity contribution is 5.84. The second kappa shape index (κ2) is 9.73. The summed E-state index contributed by atoms with van der Waals surface area (Å²) >= 11 is 0. The zero-order valence-corrected chi connectivity index (χ0v) is 28.4. The first-order chi connectivity index (χ1) is 22.7. The lowest BCUT2D eigenvalue weighted by molar-refractivity contribution is 0.394. The number of fused-ring (bicyclic) bond motifs is 9.